The van der Waals surface area contributed by atoms with Gasteiger partial charge in [0.05, 0.1) is 17.1 Å². The summed E-state index contributed by atoms with van der Waals surface area (Å²) in [6.07, 6.45) is 4.41. The van der Waals surface area contributed by atoms with Crippen molar-refractivity contribution in [1.82, 2.24) is 14.3 Å². The molecule has 11 heteroatoms. The highest BCUT2D eigenvalue weighted by Crippen LogP contribution is 2.37. The Labute approximate surface area is 154 Å². The summed E-state index contributed by atoms with van der Waals surface area (Å²) in [6, 6.07) is 2.64. The maximum atomic E-state index is 14.4. The molecule has 0 aliphatic rings. The molecule has 0 spiro atoms. The molecule has 0 aliphatic carbocycles. The van der Waals surface area contributed by atoms with Gasteiger partial charge < -0.3 is 14.4 Å². The first-order chi connectivity index (χ1) is 11.7. The van der Waals surface area contributed by atoms with Crippen LogP contribution in [0.2, 0.25) is 0 Å². The van der Waals surface area contributed by atoms with Crippen LogP contribution in [-0.2, 0) is 22.9 Å². The Hall–Kier alpha value is -1.59. The van der Waals surface area contributed by atoms with Crippen molar-refractivity contribution in [2.24, 2.45) is 7.05 Å². The summed E-state index contributed by atoms with van der Waals surface area (Å²) in [7, 11) is -3.07. The predicted molar refractivity (Wildman–Crippen MR) is 96.2 cm³/mol. The van der Waals surface area contributed by atoms with Gasteiger partial charge in [-0.15, -0.1) is 0 Å². The number of aryl methyl sites for hydroxylation is 1. The van der Waals surface area contributed by atoms with E-state index in [0.717, 1.165) is 0 Å². The Balaban J connectivity index is 2.32. The number of fused-ring (bicyclic) bond motifs is 1. The molecule has 2 N–H and O–H groups in total. The number of halogens is 2. The van der Waals surface area contributed by atoms with E-state index in [1.165, 1.54) is 33.8 Å². The SMILES string of the molecule is Cn1cc(-c2cn(COP(=O)(O)O)c3c(I)ccc(F)c3c2=O)cn1. The van der Waals surface area contributed by atoms with E-state index in [0.29, 0.717) is 9.13 Å². The second-order valence-corrected chi connectivity index (χ2v) is 7.65. The van der Waals surface area contributed by atoms with Gasteiger partial charge in [0, 0.05) is 34.1 Å². The van der Waals surface area contributed by atoms with Crippen molar-refractivity contribution in [2.75, 3.05) is 0 Å². The number of hydrogen-bond acceptors (Lipinski definition) is 4. The number of aromatic nitrogens is 3. The molecule has 3 aromatic rings. The van der Waals surface area contributed by atoms with E-state index in [-0.39, 0.29) is 16.5 Å². The summed E-state index contributed by atoms with van der Waals surface area (Å²) in [4.78, 5) is 30.7. The van der Waals surface area contributed by atoms with Crippen LogP contribution in [0, 0.1) is 9.39 Å². The predicted octanol–water partition coefficient (Wildman–Crippen LogP) is 2.21. The maximum absolute atomic E-state index is 14.4. The van der Waals surface area contributed by atoms with E-state index in [2.05, 4.69) is 9.62 Å². The summed E-state index contributed by atoms with van der Waals surface area (Å²) >= 11 is 1.92. The lowest BCUT2D eigenvalue weighted by Crippen LogP contribution is -2.15. The highest BCUT2D eigenvalue weighted by atomic mass is 127. The van der Waals surface area contributed by atoms with Gasteiger partial charge in [0.25, 0.3) is 0 Å². The van der Waals surface area contributed by atoms with Crippen molar-refractivity contribution in [2.45, 2.75) is 6.73 Å². The van der Waals surface area contributed by atoms with Crippen molar-refractivity contribution in [3.8, 4) is 11.1 Å². The zero-order valence-electron chi connectivity index (χ0n) is 12.8. The Morgan fingerprint density at radius 3 is 2.68 bits per heavy atom. The highest BCUT2D eigenvalue weighted by molar-refractivity contribution is 14.1. The minimum atomic E-state index is -4.74. The number of rotatable bonds is 4. The number of phosphoric acid groups is 1. The first-order valence-electron chi connectivity index (χ1n) is 6.87. The smallest absolute Gasteiger partial charge is 0.321 e. The van der Waals surface area contributed by atoms with Crippen LogP contribution in [0.4, 0.5) is 4.39 Å². The molecule has 0 radical (unpaired) electrons. The fraction of sp³-hybridized carbons (Fsp3) is 0.143. The molecule has 0 unspecified atom stereocenters. The molecular weight excluding hydrogens is 467 g/mol. The van der Waals surface area contributed by atoms with Crippen LogP contribution in [0.5, 0.6) is 0 Å². The maximum Gasteiger partial charge on any atom is 0.471 e. The van der Waals surface area contributed by atoms with Gasteiger partial charge in [0.15, 0.2) is 5.43 Å². The van der Waals surface area contributed by atoms with Gasteiger partial charge in [-0.3, -0.25) is 14.0 Å². The van der Waals surface area contributed by atoms with Gasteiger partial charge in [-0.1, -0.05) is 0 Å². The number of hydrogen-bond donors (Lipinski definition) is 2. The Morgan fingerprint density at radius 1 is 1.36 bits per heavy atom. The summed E-state index contributed by atoms with van der Waals surface area (Å²) < 4.78 is 33.2. The first-order valence-corrected chi connectivity index (χ1v) is 9.48. The van der Waals surface area contributed by atoms with Crippen molar-refractivity contribution in [1.29, 1.82) is 0 Å². The van der Waals surface area contributed by atoms with E-state index < -0.39 is 25.8 Å². The highest BCUT2D eigenvalue weighted by Gasteiger charge is 2.20. The Morgan fingerprint density at radius 2 is 2.08 bits per heavy atom. The summed E-state index contributed by atoms with van der Waals surface area (Å²) in [5.41, 5.74) is 0.270. The normalized spacial score (nSPS) is 12.0. The molecule has 0 saturated heterocycles. The minimum Gasteiger partial charge on any atom is -0.321 e. The van der Waals surface area contributed by atoms with Gasteiger partial charge in [-0.25, -0.2) is 8.96 Å². The zero-order valence-corrected chi connectivity index (χ0v) is 15.8. The van der Waals surface area contributed by atoms with Crippen molar-refractivity contribution in [3.05, 3.63) is 50.3 Å². The Kier molecular flexibility index (Phi) is 4.82. The average Bonchev–Trinajstić information content (AvgIpc) is 2.95. The third-order valence-corrected chi connectivity index (χ3v) is 4.82. The molecular formula is C14H12FIN3O5P. The molecule has 2 heterocycles. The van der Waals surface area contributed by atoms with Crippen LogP contribution >= 0.6 is 30.4 Å². The lowest BCUT2D eigenvalue weighted by molar-refractivity contribution is 0.156. The zero-order chi connectivity index (χ0) is 18.4. The molecule has 1 aromatic carbocycles. The molecule has 25 heavy (non-hydrogen) atoms. The second-order valence-electron chi connectivity index (χ2n) is 5.25. The second kappa shape index (κ2) is 6.61. The van der Waals surface area contributed by atoms with Crippen LogP contribution in [0.1, 0.15) is 0 Å². The van der Waals surface area contributed by atoms with E-state index in [9.17, 15) is 13.8 Å². The molecule has 132 valence electrons. The molecule has 0 amide bonds. The lowest BCUT2D eigenvalue weighted by atomic mass is 10.1. The topological polar surface area (TPSA) is 107 Å². The first kappa shape index (κ1) is 18.2. The van der Waals surface area contributed by atoms with E-state index >= 15 is 0 Å². The quantitative estimate of drug-likeness (QED) is 0.439. The number of pyridine rings is 1. The van der Waals surface area contributed by atoms with Gasteiger partial charge in [-0.2, -0.15) is 5.10 Å². The summed E-state index contributed by atoms with van der Waals surface area (Å²) in [5, 5.41) is 3.81. The van der Waals surface area contributed by atoms with Crippen LogP contribution < -0.4 is 5.43 Å². The van der Waals surface area contributed by atoms with Crippen LogP contribution in [-0.4, -0.2) is 24.1 Å². The average molecular weight is 479 g/mol. The molecule has 0 bridgehead atoms. The number of nitrogens with zero attached hydrogens (tertiary/aromatic N) is 3. The molecule has 0 aliphatic heterocycles. The summed E-state index contributed by atoms with van der Waals surface area (Å²) in [5.74, 6) is -0.726. The van der Waals surface area contributed by atoms with E-state index in [1.54, 1.807) is 13.2 Å². The van der Waals surface area contributed by atoms with Crippen LogP contribution in [0.3, 0.4) is 0 Å². The largest absolute Gasteiger partial charge is 0.471 e. The van der Waals surface area contributed by atoms with Crippen molar-refractivity contribution >= 4 is 41.3 Å². The monoisotopic (exact) mass is 479 g/mol. The number of benzene rings is 1. The minimum absolute atomic E-state index is 0.149. The molecule has 0 atom stereocenters. The Bertz CT molecular complexity index is 1070. The van der Waals surface area contributed by atoms with Gasteiger partial charge >= 0.3 is 7.82 Å². The molecule has 3 rings (SSSR count). The van der Waals surface area contributed by atoms with E-state index in [4.69, 9.17) is 9.79 Å². The van der Waals surface area contributed by atoms with Crippen LogP contribution in [0.25, 0.3) is 22.0 Å². The molecule has 0 fully saturated rings. The van der Waals surface area contributed by atoms with E-state index in [1.807, 2.05) is 22.6 Å². The summed E-state index contributed by atoms with van der Waals surface area (Å²) in [6.45, 7) is -0.548. The van der Waals surface area contributed by atoms with Gasteiger partial charge in [0.2, 0.25) is 0 Å². The van der Waals surface area contributed by atoms with Crippen molar-refractivity contribution in [3.63, 3.8) is 0 Å². The fourth-order valence-electron chi connectivity index (χ4n) is 2.46. The van der Waals surface area contributed by atoms with Crippen molar-refractivity contribution < 1.29 is 23.3 Å². The standard InChI is InChI=1S/C14H12FIN3O5P/c1-18-5-8(4-17-18)9-6-19(7-24-25(21,22)23)13-11(16)3-2-10(15)12(13)14(9)20/h2-6H,7H2,1H3,(H2,21,22,23). The molecule has 8 nitrogen and oxygen atoms in total. The van der Waals surface area contributed by atoms with Crippen LogP contribution in [0.15, 0.2) is 35.5 Å². The number of phosphoric ester groups is 1. The van der Waals surface area contributed by atoms with Gasteiger partial charge in [-0.05, 0) is 34.7 Å². The lowest BCUT2D eigenvalue weighted by Gasteiger charge is -2.15. The fourth-order valence-corrected chi connectivity index (χ4v) is 3.49. The third kappa shape index (κ3) is 3.67. The van der Waals surface area contributed by atoms with Gasteiger partial charge in [0.1, 0.15) is 12.5 Å². The molecule has 0 saturated carbocycles. The third-order valence-electron chi connectivity index (χ3n) is 3.50. The molecule has 2 aromatic heterocycles.